The summed E-state index contributed by atoms with van der Waals surface area (Å²) < 4.78 is 10.8. The Bertz CT molecular complexity index is 191. The van der Waals surface area contributed by atoms with Crippen molar-refractivity contribution in [3.63, 3.8) is 0 Å². The minimum absolute atomic E-state index is 0.116. The van der Waals surface area contributed by atoms with E-state index in [2.05, 4.69) is 6.92 Å². The molecule has 1 unspecified atom stereocenters. The molecule has 1 heterocycles. The summed E-state index contributed by atoms with van der Waals surface area (Å²) in [4.78, 5) is 11.1. The van der Waals surface area contributed by atoms with Crippen molar-refractivity contribution in [1.29, 1.82) is 0 Å². The summed E-state index contributed by atoms with van der Waals surface area (Å²) in [5.41, 5.74) is 0. The third-order valence-corrected chi connectivity index (χ3v) is 2.58. The molecular formula is C11H20O3. The molecule has 1 atom stereocenters. The van der Waals surface area contributed by atoms with E-state index in [4.69, 9.17) is 9.47 Å². The zero-order valence-corrected chi connectivity index (χ0v) is 9.17. The van der Waals surface area contributed by atoms with Crippen LogP contribution in [0.3, 0.4) is 0 Å². The minimum Gasteiger partial charge on any atom is -0.433 e. The predicted octanol–water partition coefficient (Wildman–Crippen LogP) is 2.64. The Morgan fingerprint density at radius 1 is 1.43 bits per heavy atom. The molecule has 1 aliphatic heterocycles. The van der Waals surface area contributed by atoms with Gasteiger partial charge in [-0.1, -0.05) is 19.8 Å². The van der Waals surface area contributed by atoms with E-state index in [1.807, 2.05) is 6.92 Å². The summed E-state index contributed by atoms with van der Waals surface area (Å²) in [5.74, 6) is -0.698. The molecule has 0 amide bonds. The maximum atomic E-state index is 11.1. The van der Waals surface area contributed by atoms with Crippen molar-refractivity contribution in [1.82, 2.24) is 0 Å². The molecule has 1 fully saturated rings. The first kappa shape index (κ1) is 11.5. The molecule has 0 aromatic carbocycles. The second kappa shape index (κ2) is 5.35. The maximum absolute atomic E-state index is 11.1. The van der Waals surface area contributed by atoms with Crippen molar-refractivity contribution in [3.8, 4) is 0 Å². The number of carbonyl (C=O) groups is 1. The zero-order chi connectivity index (χ0) is 10.4. The molecule has 0 saturated carbocycles. The number of hydrogen-bond donors (Lipinski definition) is 0. The molecule has 0 spiro atoms. The molecule has 0 N–H and O–H groups in total. The predicted molar refractivity (Wildman–Crippen MR) is 53.8 cm³/mol. The van der Waals surface area contributed by atoms with Gasteiger partial charge in [0.1, 0.15) is 0 Å². The number of hydrogen-bond acceptors (Lipinski definition) is 3. The van der Waals surface area contributed by atoms with E-state index >= 15 is 0 Å². The molecule has 0 aromatic heterocycles. The summed E-state index contributed by atoms with van der Waals surface area (Å²) in [5, 5.41) is 0. The minimum atomic E-state index is -0.582. The van der Waals surface area contributed by atoms with Crippen LogP contribution >= 0.6 is 0 Å². The van der Waals surface area contributed by atoms with Crippen LogP contribution < -0.4 is 0 Å². The largest absolute Gasteiger partial charge is 0.433 e. The van der Waals surface area contributed by atoms with Gasteiger partial charge < -0.3 is 9.47 Å². The van der Waals surface area contributed by atoms with Crippen molar-refractivity contribution >= 4 is 5.97 Å². The highest BCUT2D eigenvalue weighted by Crippen LogP contribution is 2.32. The van der Waals surface area contributed by atoms with Gasteiger partial charge in [0, 0.05) is 19.4 Å². The zero-order valence-electron chi connectivity index (χ0n) is 9.17. The molecule has 0 aliphatic carbocycles. The van der Waals surface area contributed by atoms with Gasteiger partial charge in [0.2, 0.25) is 5.79 Å². The number of ether oxygens (including phenoxy) is 2. The number of cyclic esters (lactones) is 1. The Morgan fingerprint density at radius 3 is 2.71 bits per heavy atom. The lowest BCUT2D eigenvalue weighted by Gasteiger charge is -2.27. The molecule has 1 saturated heterocycles. The van der Waals surface area contributed by atoms with Crippen LogP contribution in [0, 0.1) is 0 Å². The van der Waals surface area contributed by atoms with E-state index in [0.717, 1.165) is 19.3 Å². The molecule has 0 bridgehead atoms. The van der Waals surface area contributed by atoms with Crippen LogP contribution in [0.5, 0.6) is 0 Å². The van der Waals surface area contributed by atoms with E-state index < -0.39 is 5.79 Å². The number of rotatable bonds is 6. The van der Waals surface area contributed by atoms with E-state index in [0.29, 0.717) is 13.0 Å². The average molecular weight is 200 g/mol. The number of carbonyl (C=O) groups excluding carboxylic acids is 1. The molecule has 14 heavy (non-hydrogen) atoms. The summed E-state index contributed by atoms with van der Waals surface area (Å²) in [7, 11) is 0. The third-order valence-electron chi connectivity index (χ3n) is 2.58. The standard InChI is InChI=1S/C11H20O3/c1-3-5-6-8-11(13-4-2)9-7-10(12)14-11/h3-9H2,1-2H3. The van der Waals surface area contributed by atoms with Gasteiger partial charge in [0.25, 0.3) is 0 Å². The second-order valence-electron chi connectivity index (χ2n) is 3.77. The SMILES string of the molecule is CCCCCC1(OCC)CCC(=O)O1. The van der Waals surface area contributed by atoms with Crippen LogP contribution in [0.15, 0.2) is 0 Å². The Labute approximate surface area is 85.8 Å². The van der Waals surface area contributed by atoms with E-state index in [-0.39, 0.29) is 5.97 Å². The summed E-state index contributed by atoms with van der Waals surface area (Å²) in [6.45, 7) is 4.71. The van der Waals surface area contributed by atoms with Crippen molar-refractivity contribution in [3.05, 3.63) is 0 Å². The van der Waals surface area contributed by atoms with Gasteiger partial charge in [-0.25, -0.2) is 0 Å². The lowest BCUT2D eigenvalue weighted by molar-refractivity contribution is -0.213. The fourth-order valence-electron chi connectivity index (χ4n) is 1.86. The van der Waals surface area contributed by atoms with Gasteiger partial charge >= 0.3 is 5.97 Å². The monoisotopic (exact) mass is 200 g/mol. The molecule has 1 aliphatic rings. The van der Waals surface area contributed by atoms with Crippen molar-refractivity contribution in [2.24, 2.45) is 0 Å². The first-order valence-corrected chi connectivity index (χ1v) is 5.58. The molecule has 3 nitrogen and oxygen atoms in total. The van der Waals surface area contributed by atoms with Gasteiger partial charge in [0.05, 0.1) is 6.42 Å². The first-order valence-electron chi connectivity index (χ1n) is 5.58. The van der Waals surface area contributed by atoms with Gasteiger partial charge in [-0.3, -0.25) is 4.79 Å². The van der Waals surface area contributed by atoms with Gasteiger partial charge in [-0.05, 0) is 13.3 Å². The smallest absolute Gasteiger partial charge is 0.308 e. The first-order chi connectivity index (χ1) is 6.72. The van der Waals surface area contributed by atoms with Gasteiger partial charge in [0.15, 0.2) is 0 Å². The average Bonchev–Trinajstić information content (AvgIpc) is 2.49. The van der Waals surface area contributed by atoms with Crippen LogP contribution in [0.25, 0.3) is 0 Å². The Kier molecular flexibility index (Phi) is 4.39. The Morgan fingerprint density at radius 2 is 2.21 bits per heavy atom. The highest BCUT2D eigenvalue weighted by molar-refractivity contribution is 5.71. The van der Waals surface area contributed by atoms with Crippen LogP contribution in [0.2, 0.25) is 0 Å². The molecular weight excluding hydrogens is 180 g/mol. The summed E-state index contributed by atoms with van der Waals surface area (Å²) in [6, 6.07) is 0. The number of esters is 1. The van der Waals surface area contributed by atoms with E-state index in [9.17, 15) is 4.79 Å². The van der Waals surface area contributed by atoms with Gasteiger partial charge in [-0.15, -0.1) is 0 Å². The molecule has 0 aromatic rings. The highest BCUT2D eigenvalue weighted by Gasteiger charge is 2.40. The Hall–Kier alpha value is -0.570. The van der Waals surface area contributed by atoms with Crippen LogP contribution in [-0.2, 0) is 14.3 Å². The Balaban J connectivity index is 2.41. The van der Waals surface area contributed by atoms with Crippen molar-refractivity contribution in [2.45, 2.75) is 58.2 Å². The van der Waals surface area contributed by atoms with Crippen LogP contribution in [0.4, 0.5) is 0 Å². The van der Waals surface area contributed by atoms with Crippen molar-refractivity contribution < 1.29 is 14.3 Å². The fraction of sp³-hybridized carbons (Fsp3) is 0.909. The summed E-state index contributed by atoms with van der Waals surface area (Å²) in [6.07, 6.45) is 5.50. The molecule has 3 heteroatoms. The lowest BCUT2D eigenvalue weighted by Crippen LogP contribution is -2.32. The van der Waals surface area contributed by atoms with Crippen LogP contribution in [0.1, 0.15) is 52.4 Å². The quantitative estimate of drug-likeness (QED) is 0.488. The third kappa shape index (κ3) is 2.98. The highest BCUT2D eigenvalue weighted by atomic mass is 16.7. The van der Waals surface area contributed by atoms with E-state index in [1.54, 1.807) is 0 Å². The molecule has 0 radical (unpaired) electrons. The number of unbranched alkanes of at least 4 members (excludes halogenated alkanes) is 2. The van der Waals surface area contributed by atoms with Crippen LogP contribution in [-0.4, -0.2) is 18.4 Å². The maximum Gasteiger partial charge on any atom is 0.308 e. The normalized spacial score (nSPS) is 26.6. The molecule has 1 rings (SSSR count). The van der Waals surface area contributed by atoms with Crippen molar-refractivity contribution in [2.75, 3.05) is 6.61 Å². The summed E-state index contributed by atoms with van der Waals surface area (Å²) >= 11 is 0. The topological polar surface area (TPSA) is 35.5 Å². The van der Waals surface area contributed by atoms with E-state index in [1.165, 1.54) is 12.8 Å². The fourth-order valence-corrected chi connectivity index (χ4v) is 1.86. The molecule has 82 valence electrons. The lowest BCUT2D eigenvalue weighted by atomic mass is 10.0. The van der Waals surface area contributed by atoms with Gasteiger partial charge in [-0.2, -0.15) is 0 Å². The second-order valence-corrected chi connectivity index (χ2v) is 3.77.